The van der Waals surface area contributed by atoms with Gasteiger partial charge in [0.15, 0.2) is 0 Å². The van der Waals surface area contributed by atoms with Gasteiger partial charge >= 0.3 is 0 Å². The van der Waals surface area contributed by atoms with Crippen LogP contribution in [0.15, 0.2) is 66.4 Å². The number of fused-ring (bicyclic) bond motifs is 4. The number of rotatable bonds is 6. The fourth-order valence-electron chi connectivity index (χ4n) is 9.57. The number of halogens is 4. The van der Waals surface area contributed by atoms with Crippen LogP contribution in [0.4, 0.5) is 0 Å². The molecule has 4 aromatic rings. The first-order chi connectivity index (χ1) is 23.4. The van der Waals surface area contributed by atoms with Crippen LogP contribution in [0.25, 0.3) is 21.5 Å². The van der Waals surface area contributed by atoms with Crippen molar-refractivity contribution in [2.75, 3.05) is 0 Å². The van der Waals surface area contributed by atoms with Gasteiger partial charge < -0.3 is 0 Å². The summed E-state index contributed by atoms with van der Waals surface area (Å²) < 4.78 is 4.26. The molecular formula is C44H52Br4Si2. The third kappa shape index (κ3) is 6.98. The van der Waals surface area contributed by atoms with Crippen LogP contribution in [0, 0.1) is 22.9 Å². The van der Waals surface area contributed by atoms with Crippen LogP contribution in [-0.2, 0) is 0 Å². The number of hydrogen-bond acceptors (Lipinski definition) is 0. The van der Waals surface area contributed by atoms with E-state index in [9.17, 15) is 0 Å². The Morgan fingerprint density at radius 3 is 0.760 bits per heavy atom. The highest BCUT2D eigenvalue weighted by Gasteiger charge is 2.44. The van der Waals surface area contributed by atoms with Crippen molar-refractivity contribution >= 4 is 101 Å². The van der Waals surface area contributed by atoms with Crippen LogP contribution < -0.4 is 0 Å². The predicted molar refractivity (Wildman–Crippen MR) is 240 cm³/mol. The summed E-state index contributed by atoms with van der Waals surface area (Å²) in [6.07, 6.45) is 0. The second-order valence-corrected chi connectivity index (χ2v) is 31.0. The molecule has 0 N–H and O–H groups in total. The maximum atomic E-state index is 4.16. The summed E-state index contributed by atoms with van der Waals surface area (Å²) in [5, 5.41) is 4.90. The lowest BCUT2D eigenvalue weighted by atomic mass is 9.71. The molecule has 0 aliphatic heterocycles. The van der Waals surface area contributed by atoms with E-state index in [1.165, 1.54) is 43.8 Å². The van der Waals surface area contributed by atoms with Gasteiger partial charge in [0.1, 0.15) is 16.1 Å². The zero-order chi connectivity index (χ0) is 37.0. The minimum Gasteiger partial charge on any atom is -0.129 e. The monoisotopic (exact) mass is 952 g/mol. The summed E-state index contributed by atoms with van der Waals surface area (Å²) in [6.45, 7) is 28.9. The number of hydrogen-bond donors (Lipinski definition) is 0. The van der Waals surface area contributed by atoms with Crippen LogP contribution in [-0.4, -0.2) is 16.1 Å². The summed E-state index contributed by atoms with van der Waals surface area (Å²) >= 11 is 15.2. The highest BCUT2D eigenvalue weighted by molar-refractivity contribution is 9.13. The maximum Gasteiger partial charge on any atom is 0.146 e. The van der Waals surface area contributed by atoms with Gasteiger partial charge in [0.2, 0.25) is 0 Å². The van der Waals surface area contributed by atoms with E-state index < -0.39 is 16.1 Å². The molecule has 1 aliphatic rings. The van der Waals surface area contributed by atoms with Crippen molar-refractivity contribution in [3.8, 4) is 22.9 Å². The summed E-state index contributed by atoms with van der Waals surface area (Å²) in [5.74, 6) is 8.08. The Hall–Kier alpha value is -1.13. The van der Waals surface area contributed by atoms with Gasteiger partial charge in [-0.2, -0.15) is 0 Å². The summed E-state index contributed by atoms with van der Waals surface area (Å²) in [7, 11) is -4.00. The van der Waals surface area contributed by atoms with E-state index >= 15 is 0 Å². The molecule has 6 heteroatoms. The standard InChI is InChI=1S/C44H52Br4Si2/c1-25(2)49(26(3)4,27(5)6)15-13-35-37-17-31-21-41(45)43(47)23-33(31)19-39(37)36(14-16-50(28(7)8,29(9)10)30(11)12)40-20-34-24-44(48)42(46)22-32(34)18-38(35)40/h17-30,35-36H,1-12H3. The average molecular weight is 957 g/mol. The Kier molecular flexibility index (Phi) is 12.3. The Bertz CT molecular complexity index is 1780. The van der Waals surface area contributed by atoms with Crippen LogP contribution >= 0.6 is 63.7 Å². The first-order valence-corrected chi connectivity index (χ1v) is 25.9. The molecule has 0 nitrogen and oxygen atoms in total. The first-order valence-electron chi connectivity index (χ1n) is 18.3. The molecule has 5 rings (SSSR count). The highest BCUT2D eigenvalue weighted by atomic mass is 79.9. The smallest absolute Gasteiger partial charge is 0.129 e. The van der Waals surface area contributed by atoms with E-state index in [0.29, 0.717) is 33.2 Å². The Morgan fingerprint density at radius 2 is 0.580 bits per heavy atom. The van der Waals surface area contributed by atoms with E-state index in [-0.39, 0.29) is 11.8 Å². The molecule has 264 valence electrons. The predicted octanol–water partition coefficient (Wildman–Crippen LogP) is 16.1. The summed E-state index contributed by atoms with van der Waals surface area (Å²) in [5.41, 5.74) is 16.9. The molecule has 0 spiro atoms. The van der Waals surface area contributed by atoms with Crippen molar-refractivity contribution in [3.05, 3.63) is 88.7 Å². The van der Waals surface area contributed by atoms with Gasteiger partial charge in [-0.25, -0.2) is 0 Å². The largest absolute Gasteiger partial charge is 0.146 e. The quantitative estimate of drug-likeness (QED) is 0.133. The van der Waals surface area contributed by atoms with Gasteiger partial charge in [-0.3, -0.25) is 0 Å². The second-order valence-electron chi connectivity index (χ2n) is 16.4. The molecule has 0 saturated carbocycles. The second kappa shape index (κ2) is 15.3. The van der Waals surface area contributed by atoms with Gasteiger partial charge in [-0.1, -0.05) is 94.9 Å². The van der Waals surface area contributed by atoms with Crippen LogP contribution in [0.2, 0.25) is 33.2 Å². The van der Waals surface area contributed by atoms with E-state index in [4.69, 9.17) is 0 Å². The van der Waals surface area contributed by atoms with Crippen molar-refractivity contribution in [1.82, 2.24) is 0 Å². The molecule has 4 aromatic carbocycles. The van der Waals surface area contributed by atoms with E-state index in [1.54, 1.807) is 0 Å². The van der Waals surface area contributed by atoms with Crippen molar-refractivity contribution in [2.45, 2.75) is 128 Å². The third-order valence-electron chi connectivity index (χ3n) is 12.0. The molecular weight excluding hydrogens is 904 g/mol. The minimum absolute atomic E-state index is 0.0397. The first kappa shape index (κ1) is 40.1. The van der Waals surface area contributed by atoms with Crippen LogP contribution in [0.3, 0.4) is 0 Å². The van der Waals surface area contributed by atoms with Crippen molar-refractivity contribution in [1.29, 1.82) is 0 Å². The van der Waals surface area contributed by atoms with E-state index in [0.717, 1.165) is 17.9 Å². The highest BCUT2D eigenvalue weighted by Crippen LogP contribution is 2.49. The van der Waals surface area contributed by atoms with Crippen molar-refractivity contribution in [2.24, 2.45) is 0 Å². The zero-order valence-electron chi connectivity index (χ0n) is 31.7. The molecule has 50 heavy (non-hydrogen) atoms. The number of benzene rings is 4. The summed E-state index contributed by atoms with van der Waals surface area (Å²) in [6, 6.07) is 18.7. The molecule has 0 bridgehead atoms. The van der Waals surface area contributed by atoms with Gasteiger partial charge in [0.05, 0.1) is 11.8 Å². The lowest BCUT2D eigenvalue weighted by molar-refractivity contribution is 0.836. The Labute approximate surface area is 338 Å². The molecule has 0 fully saturated rings. The molecule has 0 unspecified atom stereocenters. The van der Waals surface area contributed by atoms with Gasteiger partial charge in [-0.05, 0) is 189 Å². The SMILES string of the molecule is CC(C)[Si](C#CC1c2cc3cc(Br)c(Br)cc3cc2C(C#C[Si](C(C)C)(C(C)C)C(C)C)c2cc3cc(Br)c(Br)cc3cc21)(C(C)C)C(C)C. The van der Waals surface area contributed by atoms with Gasteiger partial charge in [-0.15, -0.1) is 11.1 Å². The fourth-order valence-corrected chi connectivity index (χ4v) is 21.5. The van der Waals surface area contributed by atoms with Gasteiger partial charge in [0.25, 0.3) is 0 Å². The molecule has 0 saturated heterocycles. The van der Waals surface area contributed by atoms with Crippen molar-refractivity contribution in [3.63, 3.8) is 0 Å². The normalized spacial score (nSPS) is 16.4. The molecule has 1 aliphatic carbocycles. The van der Waals surface area contributed by atoms with Crippen LogP contribution in [0.1, 0.15) is 117 Å². The van der Waals surface area contributed by atoms with E-state index in [2.05, 4.69) is 218 Å². The van der Waals surface area contributed by atoms with E-state index in [1.807, 2.05) is 0 Å². The molecule has 0 atom stereocenters. The lowest BCUT2D eigenvalue weighted by Gasteiger charge is -2.39. The molecule has 0 radical (unpaired) electrons. The van der Waals surface area contributed by atoms with Gasteiger partial charge in [0, 0.05) is 17.9 Å². The zero-order valence-corrected chi connectivity index (χ0v) is 40.1. The summed E-state index contributed by atoms with van der Waals surface area (Å²) in [4.78, 5) is 0. The van der Waals surface area contributed by atoms with Crippen molar-refractivity contribution < 1.29 is 0 Å². The Balaban J connectivity index is 1.94. The minimum atomic E-state index is -2.00. The topological polar surface area (TPSA) is 0 Å². The maximum absolute atomic E-state index is 4.16. The molecule has 0 heterocycles. The average Bonchev–Trinajstić information content (AvgIpc) is 3.01. The molecule has 0 aromatic heterocycles. The lowest BCUT2D eigenvalue weighted by Crippen LogP contribution is -2.43. The van der Waals surface area contributed by atoms with Crippen LogP contribution in [0.5, 0.6) is 0 Å². The molecule has 0 amide bonds. The fraction of sp³-hybridized carbons (Fsp3) is 0.455. The Morgan fingerprint density at radius 1 is 0.380 bits per heavy atom. The third-order valence-corrected chi connectivity index (χ3v) is 28.3.